The molecule has 2 saturated heterocycles. The molecular weight excluding hydrogens is 333 g/mol. The van der Waals surface area contributed by atoms with E-state index in [1.165, 1.54) is 5.56 Å². The number of β-lactam (4-membered cyclic amide) rings is 1. The van der Waals surface area contributed by atoms with Gasteiger partial charge in [0.15, 0.2) is 0 Å². The minimum Gasteiger partial charge on any atom is -0.396 e. The number of hydrogen-bond acceptors (Lipinski definition) is 3. The van der Waals surface area contributed by atoms with E-state index in [0.717, 1.165) is 25.1 Å². The third kappa shape index (κ3) is 3.94. The Bertz CT molecular complexity index is 625. The lowest BCUT2D eigenvalue weighted by Gasteiger charge is -2.30. The second-order valence-electron chi connectivity index (χ2n) is 8.18. The Labute approximate surface area is 155 Å². The molecule has 0 radical (unpaired) electrons. The smallest absolute Gasteiger partial charge is 0.228 e. The molecule has 0 spiro atoms. The molecule has 0 saturated carbocycles. The van der Waals surface area contributed by atoms with E-state index in [4.69, 9.17) is 4.74 Å². The summed E-state index contributed by atoms with van der Waals surface area (Å²) in [5.41, 5.74) is 0.830. The van der Waals surface area contributed by atoms with Crippen LogP contribution in [0.25, 0.3) is 0 Å². The molecule has 1 aromatic rings. The van der Waals surface area contributed by atoms with Gasteiger partial charge in [-0.25, -0.2) is 4.39 Å². The second-order valence-corrected chi connectivity index (χ2v) is 8.18. The van der Waals surface area contributed by atoms with E-state index >= 15 is 0 Å². The van der Waals surface area contributed by atoms with Gasteiger partial charge >= 0.3 is 0 Å². The second kappa shape index (κ2) is 7.65. The zero-order valence-corrected chi connectivity index (χ0v) is 16.0. The first-order valence-corrected chi connectivity index (χ1v) is 9.66. The van der Waals surface area contributed by atoms with Crippen LogP contribution >= 0.6 is 0 Å². The van der Waals surface area contributed by atoms with Gasteiger partial charge in [-0.05, 0) is 56.7 Å². The highest BCUT2D eigenvalue weighted by atomic mass is 19.1. The normalized spacial score (nSPS) is 29.1. The Hall–Kier alpha value is -1.46. The number of aliphatic hydroxyl groups excluding tert-OH is 1. The highest BCUT2D eigenvalue weighted by molar-refractivity contribution is 5.99. The number of carbonyl (C=O) groups excluding carboxylic acids is 1. The van der Waals surface area contributed by atoms with Crippen molar-refractivity contribution in [2.24, 2.45) is 11.8 Å². The van der Waals surface area contributed by atoms with Crippen LogP contribution in [0.2, 0.25) is 0 Å². The van der Waals surface area contributed by atoms with Gasteiger partial charge in [-0.15, -0.1) is 0 Å². The Morgan fingerprint density at radius 2 is 1.92 bits per heavy atom. The van der Waals surface area contributed by atoms with Gasteiger partial charge in [0.1, 0.15) is 5.67 Å². The zero-order valence-electron chi connectivity index (χ0n) is 16.0. The number of amides is 1. The lowest BCUT2D eigenvalue weighted by atomic mass is 9.77. The topological polar surface area (TPSA) is 49.8 Å². The van der Waals surface area contributed by atoms with Crippen molar-refractivity contribution >= 4 is 11.6 Å². The van der Waals surface area contributed by atoms with Crippen molar-refractivity contribution in [1.29, 1.82) is 0 Å². The van der Waals surface area contributed by atoms with Crippen LogP contribution in [0.1, 0.15) is 45.6 Å². The lowest BCUT2D eigenvalue weighted by molar-refractivity contribution is -0.122. The van der Waals surface area contributed by atoms with Gasteiger partial charge in [0.05, 0.1) is 12.2 Å². The number of halogens is 1. The van der Waals surface area contributed by atoms with E-state index < -0.39 is 5.67 Å². The van der Waals surface area contributed by atoms with Gasteiger partial charge in [0.2, 0.25) is 5.91 Å². The van der Waals surface area contributed by atoms with Crippen LogP contribution < -0.4 is 4.90 Å². The van der Waals surface area contributed by atoms with E-state index in [9.17, 15) is 14.3 Å². The average molecular weight is 363 g/mol. The molecule has 2 fully saturated rings. The van der Waals surface area contributed by atoms with Gasteiger partial charge in [-0.2, -0.15) is 0 Å². The summed E-state index contributed by atoms with van der Waals surface area (Å²) >= 11 is 0. The summed E-state index contributed by atoms with van der Waals surface area (Å²) in [5.74, 6) is 0.102. The average Bonchev–Trinajstić information content (AvgIpc) is 2.89. The Morgan fingerprint density at radius 1 is 1.23 bits per heavy atom. The molecule has 1 amide bonds. The van der Waals surface area contributed by atoms with Crippen molar-refractivity contribution in [3.05, 3.63) is 29.8 Å². The van der Waals surface area contributed by atoms with Gasteiger partial charge < -0.3 is 14.7 Å². The summed E-state index contributed by atoms with van der Waals surface area (Å²) < 4.78 is 20.8. The van der Waals surface area contributed by atoms with Crippen molar-refractivity contribution in [3.63, 3.8) is 0 Å². The molecule has 1 N–H and O–H groups in total. The van der Waals surface area contributed by atoms with E-state index in [-0.39, 0.29) is 36.6 Å². The van der Waals surface area contributed by atoms with Crippen LogP contribution in [0.3, 0.4) is 0 Å². The van der Waals surface area contributed by atoms with Crippen LogP contribution in [0.5, 0.6) is 0 Å². The van der Waals surface area contributed by atoms with Crippen molar-refractivity contribution < 1.29 is 19.0 Å². The summed E-state index contributed by atoms with van der Waals surface area (Å²) in [6.45, 7) is 6.11. The van der Waals surface area contributed by atoms with Gasteiger partial charge in [-0.1, -0.05) is 19.1 Å². The molecule has 5 heteroatoms. The molecule has 0 aliphatic carbocycles. The number of aliphatic hydroxyl groups is 1. The summed E-state index contributed by atoms with van der Waals surface area (Å²) in [4.78, 5) is 13.3. The molecule has 144 valence electrons. The minimum absolute atomic E-state index is 0.00297. The van der Waals surface area contributed by atoms with Gasteiger partial charge in [0, 0.05) is 31.2 Å². The van der Waals surface area contributed by atoms with E-state index in [0.29, 0.717) is 12.8 Å². The highest BCUT2D eigenvalue weighted by Crippen LogP contribution is 2.43. The maximum absolute atomic E-state index is 14.7. The summed E-state index contributed by atoms with van der Waals surface area (Å²) in [7, 11) is 0. The molecule has 4 atom stereocenters. The van der Waals surface area contributed by atoms with Gasteiger partial charge in [-0.3, -0.25) is 4.79 Å². The maximum Gasteiger partial charge on any atom is 0.228 e. The first kappa shape index (κ1) is 19.3. The third-order valence-corrected chi connectivity index (χ3v) is 5.93. The molecule has 3 rings (SSSR count). The fourth-order valence-corrected chi connectivity index (χ4v) is 4.52. The predicted molar refractivity (Wildman–Crippen MR) is 99.9 cm³/mol. The standard InChI is InChI=1S/C21H30FNO3/c1-14-17(26-18(11-13-24)20(14)21(2,3)22)9-6-15-4-7-16(8-5-15)23-12-10-19(23)25/h4-5,7-8,14,17-18,20,24H,6,9-13H2,1-3H3/t14-,17+,18-,20+/m0/s1. The molecule has 2 aliphatic rings. The fraction of sp³-hybridized carbons (Fsp3) is 0.667. The Kier molecular flexibility index (Phi) is 5.68. The third-order valence-electron chi connectivity index (χ3n) is 5.93. The van der Waals surface area contributed by atoms with E-state index in [2.05, 4.69) is 19.1 Å². The SMILES string of the molecule is C[C@@H]1[C@@H](C(C)(C)F)[C@H](CCO)O[C@@H]1CCc1ccc(N2CCC2=O)cc1. The quantitative estimate of drug-likeness (QED) is 0.754. The van der Waals surface area contributed by atoms with Crippen LogP contribution in [-0.4, -0.2) is 42.0 Å². The number of aryl methyl sites for hydroxylation is 1. The molecule has 2 aliphatic heterocycles. The number of benzene rings is 1. The molecule has 0 bridgehead atoms. The number of nitrogens with zero attached hydrogens (tertiary/aromatic N) is 1. The molecule has 4 nitrogen and oxygen atoms in total. The fourth-order valence-electron chi connectivity index (χ4n) is 4.52. The number of hydrogen-bond donors (Lipinski definition) is 1. The molecule has 0 aromatic heterocycles. The summed E-state index contributed by atoms with van der Waals surface area (Å²) in [5, 5.41) is 9.27. The largest absolute Gasteiger partial charge is 0.396 e. The van der Waals surface area contributed by atoms with Crippen LogP contribution in [0, 0.1) is 11.8 Å². The Balaban J connectivity index is 1.59. The monoisotopic (exact) mass is 363 g/mol. The lowest BCUT2D eigenvalue weighted by Crippen LogP contribution is -2.43. The molecule has 2 heterocycles. The minimum atomic E-state index is -1.32. The number of alkyl halides is 1. The first-order valence-electron chi connectivity index (χ1n) is 9.66. The van der Waals surface area contributed by atoms with Crippen molar-refractivity contribution in [2.45, 2.75) is 64.3 Å². The van der Waals surface area contributed by atoms with Crippen molar-refractivity contribution in [2.75, 3.05) is 18.1 Å². The number of carbonyl (C=O) groups is 1. The predicted octanol–water partition coefficient (Wildman–Crippen LogP) is 3.51. The number of ether oxygens (including phenoxy) is 1. The van der Waals surface area contributed by atoms with Gasteiger partial charge in [0.25, 0.3) is 0 Å². The summed E-state index contributed by atoms with van der Waals surface area (Å²) in [6.07, 6.45) is 2.59. The maximum atomic E-state index is 14.7. The van der Waals surface area contributed by atoms with E-state index in [1.54, 1.807) is 18.7 Å². The van der Waals surface area contributed by atoms with Crippen LogP contribution in [0.15, 0.2) is 24.3 Å². The van der Waals surface area contributed by atoms with Crippen molar-refractivity contribution in [3.8, 4) is 0 Å². The van der Waals surface area contributed by atoms with Crippen LogP contribution in [-0.2, 0) is 16.0 Å². The van der Waals surface area contributed by atoms with Crippen molar-refractivity contribution in [1.82, 2.24) is 0 Å². The number of rotatable bonds is 7. The Morgan fingerprint density at radius 3 is 2.42 bits per heavy atom. The molecular formula is C21H30FNO3. The first-order chi connectivity index (χ1) is 12.3. The molecule has 0 unspecified atom stereocenters. The highest BCUT2D eigenvalue weighted by Gasteiger charge is 2.48. The molecule has 1 aromatic carbocycles. The van der Waals surface area contributed by atoms with E-state index in [1.807, 2.05) is 12.1 Å². The number of anilines is 1. The molecule has 26 heavy (non-hydrogen) atoms. The zero-order chi connectivity index (χ0) is 18.9. The van der Waals surface area contributed by atoms with Crippen LogP contribution in [0.4, 0.5) is 10.1 Å². The summed E-state index contributed by atoms with van der Waals surface area (Å²) in [6, 6.07) is 8.10.